The van der Waals surface area contributed by atoms with E-state index in [0.29, 0.717) is 29.9 Å². The zero-order valence-corrected chi connectivity index (χ0v) is 13.2. The van der Waals surface area contributed by atoms with E-state index in [9.17, 15) is 4.79 Å². The Hall–Kier alpha value is -0.800. The lowest BCUT2D eigenvalue weighted by Gasteiger charge is -2.25. The molecule has 1 heterocycles. The van der Waals surface area contributed by atoms with Crippen LogP contribution in [0.4, 0.5) is 0 Å². The van der Waals surface area contributed by atoms with E-state index >= 15 is 0 Å². The van der Waals surface area contributed by atoms with Gasteiger partial charge in [0.05, 0.1) is 0 Å². The van der Waals surface area contributed by atoms with Gasteiger partial charge in [0.2, 0.25) is 0 Å². The minimum absolute atomic E-state index is 0.169. The van der Waals surface area contributed by atoms with Crippen molar-refractivity contribution in [1.29, 1.82) is 0 Å². The summed E-state index contributed by atoms with van der Waals surface area (Å²) < 4.78 is 0. The molecule has 106 valence electrons. The first-order valence-electron chi connectivity index (χ1n) is 6.42. The minimum atomic E-state index is -0.169. The van der Waals surface area contributed by atoms with Crippen LogP contribution in [-0.4, -0.2) is 17.4 Å². The van der Waals surface area contributed by atoms with Gasteiger partial charge < -0.3 is 5.32 Å². The summed E-state index contributed by atoms with van der Waals surface area (Å²) in [6.45, 7) is 9.30. The number of carbonyl (C=O) groups excluding carboxylic acids is 1. The standard InChI is InChI=1S/C14H20Cl2N2O/c1-8(2)11(9(3)4)7-17-14(19)10-5-12(15)18-13(16)6-10/h5-6,8-9,11H,7H2,1-4H3,(H,17,19). The van der Waals surface area contributed by atoms with Crippen molar-refractivity contribution in [3.63, 3.8) is 0 Å². The largest absolute Gasteiger partial charge is 0.352 e. The maximum atomic E-state index is 12.0. The topological polar surface area (TPSA) is 42.0 Å². The third kappa shape index (κ3) is 5.00. The molecule has 3 nitrogen and oxygen atoms in total. The van der Waals surface area contributed by atoms with Crippen LogP contribution >= 0.6 is 23.2 Å². The average molecular weight is 303 g/mol. The molecule has 1 N–H and O–H groups in total. The molecule has 1 aromatic rings. The zero-order chi connectivity index (χ0) is 14.6. The van der Waals surface area contributed by atoms with Crippen molar-refractivity contribution in [2.45, 2.75) is 27.7 Å². The fraction of sp³-hybridized carbons (Fsp3) is 0.571. The SMILES string of the molecule is CC(C)C(CNC(=O)c1cc(Cl)nc(Cl)c1)C(C)C. The molecule has 1 aromatic heterocycles. The molecular weight excluding hydrogens is 283 g/mol. The molecule has 0 aliphatic carbocycles. The number of rotatable bonds is 5. The predicted octanol–water partition coefficient (Wildman–Crippen LogP) is 4.05. The highest BCUT2D eigenvalue weighted by molar-refractivity contribution is 6.33. The Morgan fingerprint density at radius 2 is 1.63 bits per heavy atom. The van der Waals surface area contributed by atoms with E-state index in [4.69, 9.17) is 23.2 Å². The van der Waals surface area contributed by atoms with E-state index in [1.807, 2.05) is 0 Å². The van der Waals surface area contributed by atoms with Crippen LogP contribution < -0.4 is 5.32 Å². The van der Waals surface area contributed by atoms with Gasteiger partial charge in [-0.1, -0.05) is 50.9 Å². The summed E-state index contributed by atoms with van der Waals surface area (Å²) in [5.41, 5.74) is 0.441. The molecule has 1 rings (SSSR count). The van der Waals surface area contributed by atoms with Gasteiger partial charge in [0.25, 0.3) is 5.91 Å². The lowest BCUT2D eigenvalue weighted by Crippen LogP contribution is -2.34. The van der Waals surface area contributed by atoms with Crippen molar-refractivity contribution in [2.75, 3.05) is 6.54 Å². The summed E-state index contributed by atoms with van der Waals surface area (Å²) in [7, 11) is 0. The lowest BCUT2D eigenvalue weighted by molar-refractivity contribution is 0.0937. The smallest absolute Gasteiger partial charge is 0.251 e. The van der Waals surface area contributed by atoms with E-state index in [0.717, 1.165) is 0 Å². The first-order chi connectivity index (χ1) is 8.81. The van der Waals surface area contributed by atoms with Crippen molar-refractivity contribution in [3.8, 4) is 0 Å². The molecule has 5 heteroatoms. The number of pyridine rings is 1. The van der Waals surface area contributed by atoms with Crippen molar-refractivity contribution in [1.82, 2.24) is 10.3 Å². The van der Waals surface area contributed by atoms with Crippen LogP contribution in [-0.2, 0) is 0 Å². The molecule has 0 spiro atoms. The molecule has 0 bridgehead atoms. The monoisotopic (exact) mass is 302 g/mol. The Balaban J connectivity index is 2.69. The van der Waals surface area contributed by atoms with Crippen LogP contribution in [0, 0.1) is 17.8 Å². The Morgan fingerprint density at radius 1 is 1.16 bits per heavy atom. The van der Waals surface area contributed by atoms with Crippen LogP contribution in [0.15, 0.2) is 12.1 Å². The summed E-state index contributed by atoms with van der Waals surface area (Å²) in [6, 6.07) is 3.03. The second kappa shape index (κ2) is 7.11. The summed E-state index contributed by atoms with van der Waals surface area (Å²) in [6.07, 6.45) is 0. The molecule has 0 aromatic carbocycles. The van der Waals surface area contributed by atoms with E-state index in [2.05, 4.69) is 38.0 Å². The van der Waals surface area contributed by atoms with Gasteiger partial charge in [0.1, 0.15) is 10.3 Å². The number of hydrogen-bond donors (Lipinski definition) is 1. The molecule has 0 saturated heterocycles. The van der Waals surface area contributed by atoms with Gasteiger partial charge >= 0.3 is 0 Å². The molecule has 0 fully saturated rings. The third-order valence-corrected chi connectivity index (χ3v) is 3.62. The molecule has 1 amide bonds. The summed E-state index contributed by atoms with van der Waals surface area (Å²) in [5, 5.41) is 3.38. The fourth-order valence-electron chi connectivity index (χ4n) is 2.15. The molecule has 0 aliphatic heterocycles. The predicted molar refractivity (Wildman–Crippen MR) is 79.8 cm³/mol. The Labute approximate surface area is 124 Å². The number of amides is 1. The summed E-state index contributed by atoms with van der Waals surface area (Å²) in [4.78, 5) is 15.9. The normalized spacial score (nSPS) is 11.4. The highest BCUT2D eigenvalue weighted by Gasteiger charge is 2.18. The zero-order valence-electron chi connectivity index (χ0n) is 11.7. The van der Waals surface area contributed by atoms with Crippen molar-refractivity contribution >= 4 is 29.1 Å². The van der Waals surface area contributed by atoms with Gasteiger partial charge in [0, 0.05) is 12.1 Å². The second-order valence-electron chi connectivity index (χ2n) is 5.36. The number of halogens is 2. The Bertz CT molecular complexity index is 419. The van der Waals surface area contributed by atoms with Crippen molar-refractivity contribution < 1.29 is 4.79 Å². The maximum absolute atomic E-state index is 12.0. The van der Waals surface area contributed by atoms with Crippen molar-refractivity contribution in [3.05, 3.63) is 28.0 Å². The van der Waals surface area contributed by atoms with E-state index in [1.165, 1.54) is 12.1 Å². The van der Waals surface area contributed by atoms with Crippen LogP contribution in [0.2, 0.25) is 10.3 Å². The summed E-state index contributed by atoms with van der Waals surface area (Å²) >= 11 is 11.6. The maximum Gasteiger partial charge on any atom is 0.251 e. The lowest BCUT2D eigenvalue weighted by atomic mass is 9.85. The number of nitrogens with zero attached hydrogens (tertiary/aromatic N) is 1. The van der Waals surface area contributed by atoms with Gasteiger partial charge in [-0.05, 0) is 29.9 Å². The number of carbonyl (C=O) groups is 1. The third-order valence-electron chi connectivity index (χ3n) is 3.24. The first-order valence-corrected chi connectivity index (χ1v) is 7.18. The quantitative estimate of drug-likeness (QED) is 0.834. The molecular formula is C14H20Cl2N2O. The molecule has 0 unspecified atom stereocenters. The van der Waals surface area contributed by atoms with Crippen LogP contribution in [0.1, 0.15) is 38.1 Å². The van der Waals surface area contributed by atoms with Gasteiger partial charge in [-0.3, -0.25) is 4.79 Å². The van der Waals surface area contributed by atoms with Gasteiger partial charge in [-0.15, -0.1) is 0 Å². The molecule has 19 heavy (non-hydrogen) atoms. The summed E-state index contributed by atoms with van der Waals surface area (Å²) in [5.74, 6) is 1.31. The molecule has 0 radical (unpaired) electrons. The van der Waals surface area contributed by atoms with Crippen LogP contribution in [0.25, 0.3) is 0 Å². The van der Waals surface area contributed by atoms with Gasteiger partial charge in [-0.2, -0.15) is 0 Å². The van der Waals surface area contributed by atoms with Gasteiger partial charge in [-0.25, -0.2) is 4.98 Å². The highest BCUT2D eigenvalue weighted by atomic mass is 35.5. The minimum Gasteiger partial charge on any atom is -0.352 e. The van der Waals surface area contributed by atoms with Crippen LogP contribution in [0.3, 0.4) is 0 Å². The van der Waals surface area contributed by atoms with Crippen LogP contribution in [0.5, 0.6) is 0 Å². The van der Waals surface area contributed by atoms with E-state index in [-0.39, 0.29) is 16.2 Å². The molecule has 0 atom stereocenters. The van der Waals surface area contributed by atoms with Gasteiger partial charge in [0.15, 0.2) is 0 Å². The molecule has 0 aliphatic rings. The Morgan fingerprint density at radius 3 is 2.05 bits per heavy atom. The average Bonchev–Trinajstić information content (AvgIpc) is 2.26. The molecule has 0 saturated carbocycles. The first kappa shape index (κ1) is 16.3. The fourth-order valence-corrected chi connectivity index (χ4v) is 2.61. The highest BCUT2D eigenvalue weighted by Crippen LogP contribution is 2.20. The van der Waals surface area contributed by atoms with E-state index < -0.39 is 0 Å². The Kier molecular flexibility index (Phi) is 6.08. The number of nitrogens with one attached hydrogen (secondary N) is 1. The second-order valence-corrected chi connectivity index (χ2v) is 6.14. The van der Waals surface area contributed by atoms with Crippen molar-refractivity contribution in [2.24, 2.45) is 17.8 Å². The number of aromatic nitrogens is 1. The number of hydrogen-bond acceptors (Lipinski definition) is 2. The van der Waals surface area contributed by atoms with E-state index in [1.54, 1.807) is 0 Å².